The molecule has 0 aliphatic heterocycles. The van der Waals surface area contributed by atoms with Crippen molar-refractivity contribution in [2.45, 2.75) is 26.4 Å². The molecule has 1 nitrogen and oxygen atoms in total. The largest absolute Gasteiger partial charge is 0.373 e. The van der Waals surface area contributed by atoms with Crippen LogP contribution in [0.3, 0.4) is 0 Å². The fourth-order valence-electron chi connectivity index (χ4n) is 0. The maximum atomic E-state index is 4.69. The second-order valence-corrected chi connectivity index (χ2v) is 2.26. The van der Waals surface area contributed by atoms with Crippen LogP contribution in [0.25, 0.3) is 0 Å². The van der Waals surface area contributed by atoms with E-state index >= 15 is 0 Å². The van der Waals surface area contributed by atoms with Crippen LogP contribution >= 0.6 is 0 Å². The molecule has 0 atom stereocenters. The second-order valence-electron chi connectivity index (χ2n) is 2.26. The highest BCUT2D eigenvalue weighted by Gasteiger charge is 2.04. The van der Waals surface area contributed by atoms with E-state index in [-0.39, 0.29) is 28.7 Å². The van der Waals surface area contributed by atoms with Crippen molar-refractivity contribution < 1.29 is 4.74 Å². The molecule has 0 aromatic rings. The summed E-state index contributed by atoms with van der Waals surface area (Å²) in [5.41, 5.74) is -0.0694. The van der Waals surface area contributed by atoms with E-state index in [1.165, 1.54) is 0 Å². The first-order chi connectivity index (χ1) is 2.56. The molecule has 7 heavy (non-hydrogen) atoms. The van der Waals surface area contributed by atoms with Gasteiger partial charge in [0.1, 0.15) is 0 Å². The van der Waals surface area contributed by atoms with Crippen LogP contribution < -0.4 is 0 Å². The van der Waals surface area contributed by atoms with E-state index in [4.69, 9.17) is 0 Å². The second kappa shape index (κ2) is 3.69. The first-order valence-corrected chi connectivity index (χ1v) is 1.99. The van der Waals surface area contributed by atoms with Crippen LogP contribution in [0.15, 0.2) is 0 Å². The van der Waals surface area contributed by atoms with Crippen molar-refractivity contribution in [1.82, 2.24) is 0 Å². The molecule has 0 aliphatic rings. The van der Waals surface area contributed by atoms with Crippen LogP contribution in [0.5, 0.6) is 0 Å². The lowest BCUT2D eigenvalue weighted by molar-refractivity contribution is 0.0709. The van der Waals surface area contributed by atoms with Crippen molar-refractivity contribution in [2.24, 2.45) is 0 Å². The smallest absolute Gasteiger partial charge is 0.316 e. The van der Waals surface area contributed by atoms with E-state index in [2.05, 4.69) is 11.8 Å². The lowest BCUT2D eigenvalue weighted by Crippen LogP contribution is -2.14. The van der Waals surface area contributed by atoms with Crippen molar-refractivity contribution in [3.05, 3.63) is 7.11 Å². The van der Waals surface area contributed by atoms with Gasteiger partial charge in [-0.15, -0.1) is 0 Å². The van der Waals surface area contributed by atoms with Gasteiger partial charge in [0, 0.05) is 0 Å². The van der Waals surface area contributed by atoms with Crippen molar-refractivity contribution in [3.63, 3.8) is 0 Å². The molecule has 1 radical (unpaired) electrons. The minimum Gasteiger partial charge on any atom is -0.373 e. The molecule has 0 amide bonds. The van der Waals surface area contributed by atoms with Crippen molar-refractivity contribution in [3.8, 4) is 0 Å². The molecule has 0 bridgehead atoms. The van der Waals surface area contributed by atoms with Crippen molar-refractivity contribution in [2.75, 3.05) is 0 Å². The summed E-state index contributed by atoms with van der Waals surface area (Å²) >= 11 is 0. The zero-order valence-corrected chi connectivity index (χ0v) is 4.62. The zero-order chi connectivity index (χ0) is 5.21. The highest BCUT2D eigenvalue weighted by atomic mass is 24.3. The lowest BCUT2D eigenvalue weighted by atomic mass is 10.2. The van der Waals surface area contributed by atoms with Gasteiger partial charge in [-0.3, -0.25) is 0 Å². The van der Waals surface area contributed by atoms with Gasteiger partial charge in [-0.05, 0) is 20.8 Å². The van der Waals surface area contributed by atoms with Gasteiger partial charge in [0.05, 0.1) is 12.7 Å². The summed E-state index contributed by atoms with van der Waals surface area (Å²) < 4.78 is 4.69. The average Bonchev–Trinajstić information content (AvgIpc) is 1.35. The Morgan fingerprint density at radius 1 is 1.29 bits per heavy atom. The molecule has 0 aromatic heterocycles. The molecule has 0 saturated heterocycles. The van der Waals surface area contributed by atoms with Gasteiger partial charge in [0.25, 0.3) is 0 Å². The van der Waals surface area contributed by atoms with Crippen molar-refractivity contribution >= 4 is 23.1 Å². The molecule has 0 N–H and O–H groups in total. The van der Waals surface area contributed by atoms with E-state index in [9.17, 15) is 0 Å². The molecule has 0 spiro atoms. The van der Waals surface area contributed by atoms with Gasteiger partial charge in [-0.2, -0.15) is 0 Å². The van der Waals surface area contributed by atoms with Crippen LogP contribution in [0, 0.1) is 7.11 Å². The van der Waals surface area contributed by atoms with Crippen LogP contribution in [0.2, 0.25) is 0 Å². The third-order valence-corrected chi connectivity index (χ3v) is 0.433. The van der Waals surface area contributed by atoms with Gasteiger partial charge in [-0.25, -0.2) is 0 Å². The Kier molecular flexibility index (Phi) is 5.63. The van der Waals surface area contributed by atoms with Crippen LogP contribution in [0.4, 0.5) is 0 Å². The molecule has 0 unspecified atom stereocenters. The summed E-state index contributed by atoms with van der Waals surface area (Å²) in [5, 5.41) is 0. The Hall–Kier alpha value is 0.726. The Morgan fingerprint density at radius 3 is 1.43 bits per heavy atom. The third-order valence-electron chi connectivity index (χ3n) is 0.433. The Balaban J connectivity index is 0. The molecule has 0 aromatic carbocycles. The fourth-order valence-corrected chi connectivity index (χ4v) is 0. The van der Waals surface area contributed by atoms with Crippen LogP contribution in [-0.4, -0.2) is 28.7 Å². The number of rotatable bonds is 0. The number of ether oxygens (including phenoxy) is 1. The highest BCUT2D eigenvalue weighted by Crippen LogP contribution is 2.03. The van der Waals surface area contributed by atoms with Gasteiger partial charge >= 0.3 is 23.1 Å². The topological polar surface area (TPSA) is 9.23 Å². The molecular weight excluding hydrogens is 100 g/mol. The molecule has 0 rings (SSSR count). The summed E-state index contributed by atoms with van der Waals surface area (Å²) in [4.78, 5) is 0. The Bertz CT molecular complexity index is 37.8. The Morgan fingerprint density at radius 2 is 1.43 bits per heavy atom. The third kappa shape index (κ3) is 10.8. The minimum absolute atomic E-state index is 0. The molecule has 0 saturated carbocycles. The van der Waals surface area contributed by atoms with E-state index in [1.54, 1.807) is 0 Å². The zero-order valence-electron chi connectivity index (χ0n) is 4.62. The average molecular weight is 113 g/mol. The first-order valence-electron chi connectivity index (χ1n) is 1.99. The standard InChI is InChI=1S/C5H11O.Mg.2H/c1-5(2,3)6-4;;;/h4H2,1-3H3;;;. The normalized spacial score (nSPS) is 10.3. The fraction of sp³-hybridized carbons (Fsp3) is 0.800. The summed E-state index contributed by atoms with van der Waals surface area (Å²) in [5.74, 6) is 0. The molecule has 0 fully saturated rings. The van der Waals surface area contributed by atoms with Gasteiger partial charge in [0.2, 0.25) is 0 Å². The molecule has 0 aliphatic carbocycles. The van der Waals surface area contributed by atoms with E-state index in [0.717, 1.165) is 0 Å². The summed E-state index contributed by atoms with van der Waals surface area (Å²) in [7, 11) is 3.26. The quantitative estimate of drug-likeness (QED) is 0.420. The van der Waals surface area contributed by atoms with Gasteiger partial charge in [0.15, 0.2) is 0 Å². The molecular formula is C5H13MgO. The lowest BCUT2D eigenvalue weighted by Gasteiger charge is -2.13. The van der Waals surface area contributed by atoms with Gasteiger partial charge in [-0.1, -0.05) is 0 Å². The predicted octanol–water partition coefficient (Wildman–Crippen LogP) is 0.677. The van der Waals surface area contributed by atoms with E-state index < -0.39 is 0 Å². The molecule has 41 valence electrons. The van der Waals surface area contributed by atoms with Crippen LogP contribution in [-0.2, 0) is 4.74 Å². The maximum Gasteiger partial charge on any atom is 0.316 e. The SMILES string of the molecule is [CH2]OC(C)(C)C.[MgH2]. The van der Waals surface area contributed by atoms with Crippen LogP contribution in [0.1, 0.15) is 20.8 Å². The minimum atomic E-state index is -0.0694. The van der Waals surface area contributed by atoms with Gasteiger partial charge < -0.3 is 4.74 Å². The Labute approximate surface area is 61.6 Å². The number of hydrogen-bond acceptors (Lipinski definition) is 1. The highest BCUT2D eigenvalue weighted by molar-refractivity contribution is 5.75. The monoisotopic (exact) mass is 113 g/mol. The summed E-state index contributed by atoms with van der Waals surface area (Å²) in [6.07, 6.45) is 0. The first kappa shape index (κ1) is 10.7. The van der Waals surface area contributed by atoms with E-state index in [0.29, 0.717) is 0 Å². The number of hydrogen-bond donors (Lipinski definition) is 0. The maximum absolute atomic E-state index is 4.69. The molecule has 0 heterocycles. The summed E-state index contributed by atoms with van der Waals surface area (Å²) in [6.45, 7) is 5.88. The van der Waals surface area contributed by atoms with E-state index in [1.807, 2.05) is 20.8 Å². The predicted molar refractivity (Wildman–Crippen MR) is 34.7 cm³/mol. The van der Waals surface area contributed by atoms with Crippen molar-refractivity contribution in [1.29, 1.82) is 0 Å². The summed E-state index contributed by atoms with van der Waals surface area (Å²) in [6, 6.07) is 0. The molecule has 2 heteroatoms.